The molecule has 1 aliphatic rings. The van der Waals surface area contributed by atoms with E-state index in [-0.39, 0.29) is 34.3 Å². The quantitative estimate of drug-likeness (QED) is 0.551. The molecule has 0 bridgehead atoms. The van der Waals surface area contributed by atoms with Gasteiger partial charge in [0.15, 0.2) is 11.4 Å². The van der Waals surface area contributed by atoms with Gasteiger partial charge in [-0.3, -0.25) is 4.79 Å². The van der Waals surface area contributed by atoms with Crippen molar-refractivity contribution in [3.63, 3.8) is 0 Å². The number of amides is 1. The number of aryl methyl sites for hydroxylation is 1. The first-order valence-electron chi connectivity index (χ1n) is 8.33. The van der Waals surface area contributed by atoms with Crippen LogP contribution in [0, 0.1) is 5.82 Å². The molecule has 1 aromatic carbocycles. The summed E-state index contributed by atoms with van der Waals surface area (Å²) < 4.78 is 48.0. The predicted molar refractivity (Wildman–Crippen MR) is 100 cm³/mol. The third-order valence-electron chi connectivity index (χ3n) is 4.41. The van der Waals surface area contributed by atoms with Crippen molar-refractivity contribution in [2.75, 3.05) is 17.7 Å². The zero-order chi connectivity index (χ0) is 20.9. The van der Waals surface area contributed by atoms with Crippen LogP contribution in [-0.4, -0.2) is 42.2 Å². The number of hydrogen-bond acceptors (Lipinski definition) is 6. The van der Waals surface area contributed by atoms with Crippen LogP contribution in [0.5, 0.6) is 5.75 Å². The van der Waals surface area contributed by atoms with E-state index in [9.17, 15) is 22.7 Å². The Morgan fingerprint density at radius 3 is 2.75 bits per heavy atom. The zero-order valence-corrected chi connectivity index (χ0v) is 16.3. The molecule has 28 heavy (non-hydrogen) atoms. The van der Waals surface area contributed by atoms with E-state index in [1.165, 1.54) is 43.8 Å². The van der Waals surface area contributed by atoms with Crippen molar-refractivity contribution in [1.29, 1.82) is 0 Å². The molecule has 1 aromatic heterocycles. The molecule has 2 aromatic rings. The van der Waals surface area contributed by atoms with E-state index in [1.807, 2.05) is 0 Å². The minimum Gasteiger partial charge on any atom is -0.488 e. The molecule has 0 unspecified atom stereocenters. The topological polar surface area (TPSA) is 136 Å². The Kier molecular flexibility index (Phi) is 4.86. The second-order valence-corrected chi connectivity index (χ2v) is 8.79. The molecule has 0 fully saturated rings. The fourth-order valence-electron chi connectivity index (χ4n) is 2.78. The van der Waals surface area contributed by atoms with Crippen LogP contribution >= 0.6 is 0 Å². The van der Waals surface area contributed by atoms with E-state index in [0.717, 1.165) is 6.07 Å². The van der Waals surface area contributed by atoms with Gasteiger partial charge in [0.1, 0.15) is 17.3 Å². The van der Waals surface area contributed by atoms with Crippen LogP contribution in [0.1, 0.15) is 24.3 Å². The number of nitrogens with two attached hydrogens (primary N) is 1. The highest BCUT2D eigenvalue weighted by molar-refractivity contribution is 7.89. The summed E-state index contributed by atoms with van der Waals surface area (Å²) >= 11 is 0. The number of carbonyl (C=O) groups is 1. The first-order valence-corrected chi connectivity index (χ1v) is 9.81. The molecule has 0 aliphatic carbocycles. The first-order chi connectivity index (χ1) is 12.9. The third-order valence-corrected chi connectivity index (χ3v) is 5.87. The van der Waals surface area contributed by atoms with Crippen molar-refractivity contribution in [3.8, 4) is 5.75 Å². The van der Waals surface area contributed by atoms with Crippen LogP contribution in [0.25, 0.3) is 0 Å². The smallest absolute Gasteiger partial charge is 0.276 e. The number of nitrogen functional groups attached to an aromatic ring is 1. The summed E-state index contributed by atoms with van der Waals surface area (Å²) in [6.07, 6.45) is 1.25. The molecule has 152 valence electrons. The SMILES string of the molecule is Cn1cc2c(c1C(=O)Nc1ccc(F)c(N)c1)OC[C@@H](C(C)(C)O)NS2(=O)=O. The zero-order valence-electron chi connectivity index (χ0n) is 15.5. The Balaban J connectivity index is 1.98. The fourth-order valence-corrected chi connectivity index (χ4v) is 4.34. The van der Waals surface area contributed by atoms with E-state index in [4.69, 9.17) is 10.5 Å². The maximum absolute atomic E-state index is 13.3. The lowest BCUT2D eigenvalue weighted by atomic mass is 10.0. The van der Waals surface area contributed by atoms with Gasteiger partial charge in [0.2, 0.25) is 10.0 Å². The molecule has 0 radical (unpaired) electrons. The highest BCUT2D eigenvalue weighted by atomic mass is 32.2. The first kappa shape index (κ1) is 20.1. The number of aliphatic hydroxyl groups is 1. The maximum atomic E-state index is 13.3. The van der Waals surface area contributed by atoms with Gasteiger partial charge < -0.3 is 25.5 Å². The monoisotopic (exact) mass is 412 g/mol. The molecule has 5 N–H and O–H groups in total. The summed E-state index contributed by atoms with van der Waals surface area (Å²) in [7, 11) is -2.54. The lowest BCUT2D eigenvalue weighted by Crippen LogP contribution is -2.51. The number of nitrogens with zero attached hydrogens (tertiary/aromatic N) is 1. The molecule has 1 amide bonds. The number of anilines is 2. The second-order valence-electron chi connectivity index (χ2n) is 7.11. The van der Waals surface area contributed by atoms with E-state index in [1.54, 1.807) is 0 Å². The number of halogens is 1. The van der Waals surface area contributed by atoms with Gasteiger partial charge in [-0.2, -0.15) is 0 Å². The minimum atomic E-state index is -4.04. The Hall–Kier alpha value is -2.63. The third kappa shape index (κ3) is 3.68. The average Bonchev–Trinajstić information content (AvgIpc) is 2.84. The number of aromatic nitrogens is 1. The molecule has 3 rings (SSSR count). The van der Waals surface area contributed by atoms with Gasteiger partial charge in [0, 0.05) is 18.9 Å². The average molecular weight is 412 g/mol. The van der Waals surface area contributed by atoms with Crippen molar-refractivity contribution in [2.24, 2.45) is 7.05 Å². The summed E-state index contributed by atoms with van der Waals surface area (Å²) in [6.45, 7) is 2.72. The number of sulfonamides is 1. The van der Waals surface area contributed by atoms with Crippen LogP contribution < -0.4 is 20.5 Å². The number of hydrogen-bond donors (Lipinski definition) is 4. The van der Waals surface area contributed by atoms with Crippen LogP contribution in [0.4, 0.5) is 15.8 Å². The number of fused-ring (bicyclic) bond motifs is 1. The molecular formula is C17H21FN4O5S. The van der Waals surface area contributed by atoms with E-state index < -0.39 is 33.4 Å². The number of ether oxygens (including phenoxy) is 1. The second kappa shape index (κ2) is 6.76. The van der Waals surface area contributed by atoms with Gasteiger partial charge in [-0.25, -0.2) is 17.5 Å². The highest BCUT2D eigenvalue weighted by Crippen LogP contribution is 2.34. The molecule has 2 heterocycles. The molecule has 0 spiro atoms. The van der Waals surface area contributed by atoms with Gasteiger partial charge in [0.25, 0.3) is 5.91 Å². The van der Waals surface area contributed by atoms with Gasteiger partial charge in [-0.05, 0) is 32.0 Å². The summed E-state index contributed by atoms with van der Waals surface area (Å²) in [6, 6.07) is 2.77. The molecule has 0 saturated heterocycles. The van der Waals surface area contributed by atoms with Crippen molar-refractivity contribution in [2.45, 2.75) is 30.4 Å². The number of benzene rings is 1. The van der Waals surface area contributed by atoms with Crippen molar-refractivity contribution in [3.05, 3.63) is 35.9 Å². The molecule has 1 aliphatic heterocycles. The highest BCUT2D eigenvalue weighted by Gasteiger charge is 2.39. The molecule has 0 saturated carbocycles. The Morgan fingerprint density at radius 1 is 1.46 bits per heavy atom. The molecule has 9 nitrogen and oxygen atoms in total. The Labute approximate surface area is 161 Å². The molecule has 1 atom stereocenters. The number of rotatable bonds is 3. The van der Waals surface area contributed by atoms with Gasteiger partial charge in [-0.1, -0.05) is 0 Å². The summed E-state index contributed by atoms with van der Waals surface area (Å²) in [5.74, 6) is -1.41. The predicted octanol–water partition coefficient (Wildman–Crippen LogP) is 0.809. The summed E-state index contributed by atoms with van der Waals surface area (Å²) in [5.41, 5.74) is 4.18. The normalized spacial score (nSPS) is 18.7. The fraction of sp³-hybridized carbons (Fsp3) is 0.353. The lowest BCUT2D eigenvalue weighted by Gasteiger charge is -2.27. The Bertz CT molecular complexity index is 1040. The van der Waals surface area contributed by atoms with Gasteiger partial charge in [-0.15, -0.1) is 0 Å². The summed E-state index contributed by atoms with van der Waals surface area (Å²) in [5, 5.41) is 12.7. The number of nitrogens with one attached hydrogen (secondary N) is 2. The van der Waals surface area contributed by atoms with Crippen LogP contribution in [0.15, 0.2) is 29.3 Å². The molecule has 11 heteroatoms. The van der Waals surface area contributed by atoms with E-state index >= 15 is 0 Å². The molecular weight excluding hydrogens is 391 g/mol. The summed E-state index contributed by atoms with van der Waals surface area (Å²) in [4.78, 5) is 12.5. The van der Waals surface area contributed by atoms with Crippen LogP contribution in [0.3, 0.4) is 0 Å². The Morgan fingerprint density at radius 2 is 2.14 bits per heavy atom. The van der Waals surface area contributed by atoms with Crippen LogP contribution in [-0.2, 0) is 17.1 Å². The van der Waals surface area contributed by atoms with E-state index in [0.29, 0.717) is 0 Å². The standard InChI is InChI=1S/C17H21FN4O5S/c1-17(2,24)13-8-27-15-12(28(25,26)21-13)7-22(3)14(15)16(23)20-9-4-5-10(18)11(19)6-9/h4-7,13,21,24H,8,19H2,1-3H3,(H,20,23)/t13-/m0/s1. The van der Waals surface area contributed by atoms with Crippen molar-refractivity contribution < 1.29 is 27.4 Å². The van der Waals surface area contributed by atoms with Crippen LogP contribution in [0.2, 0.25) is 0 Å². The van der Waals surface area contributed by atoms with Gasteiger partial charge in [0.05, 0.1) is 17.3 Å². The van der Waals surface area contributed by atoms with E-state index in [2.05, 4.69) is 10.0 Å². The lowest BCUT2D eigenvalue weighted by molar-refractivity contribution is 0.0288. The maximum Gasteiger partial charge on any atom is 0.276 e. The van der Waals surface area contributed by atoms with Gasteiger partial charge >= 0.3 is 0 Å². The van der Waals surface area contributed by atoms with Crippen molar-refractivity contribution in [1.82, 2.24) is 9.29 Å². The minimum absolute atomic E-state index is 0.0420. The number of carbonyl (C=O) groups excluding carboxylic acids is 1. The largest absolute Gasteiger partial charge is 0.488 e. The van der Waals surface area contributed by atoms with Crippen molar-refractivity contribution >= 4 is 27.3 Å².